The molecule has 0 aromatic heterocycles. The van der Waals surface area contributed by atoms with Gasteiger partial charge >= 0.3 is 5.97 Å². The lowest BCUT2D eigenvalue weighted by molar-refractivity contribution is -0.147. The summed E-state index contributed by atoms with van der Waals surface area (Å²) in [7, 11) is 0. The molecule has 4 heteroatoms. The summed E-state index contributed by atoms with van der Waals surface area (Å²) in [6.07, 6.45) is 1.91. The second-order valence-corrected chi connectivity index (χ2v) is 5.18. The molecule has 1 fully saturated rings. The molecule has 2 N–H and O–H groups in total. The number of ether oxygens (including phenoxy) is 1. The van der Waals surface area contributed by atoms with Crippen LogP contribution in [0.25, 0.3) is 0 Å². The van der Waals surface area contributed by atoms with Gasteiger partial charge in [-0.2, -0.15) is 0 Å². The van der Waals surface area contributed by atoms with Crippen LogP contribution in [0.1, 0.15) is 25.3 Å². The third-order valence-electron chi connectivity index (χ3n) is 3.64. The molecular formula is C15H21NO3. The van der Waals surface area contributed by atoms with Crippen LogP contribution >= 0.6 is 0 Å². The van der Waals surface area contributed by atoms with Crippen molar-refractivity contribution >= 4 is 5.97 Å². The molecule has 1 unspecified atom stereocenters. The van der Waals surface area contributed by atoms with Gasteiger partial charge in [0.2, 0.25) is 0 Å². The smallest absolute Gasteiger partial charge is 0.327 e. The van der Waals surface area contributed by atoms with Gasteiger partial charge in [0.05, 0.1) is 0 Å². The Morgan fingerprint density at radius 1 is 1.42 bits per heavy atom. The molecule has 0 spiro atoms. The number of benzene rings is 1. The molecule has 1 saturated carbocycles. The van der Waals surface area contributed by atoms with Crippen molar-refractivity contribution in [3.63, 3.8) is 0 Å². The number of carbonyl (C=O) groups is 1. The highest BCUT2D eigenvalue weighted by Crippen LogP contribution is 2.40. The first-order valence-electron chi connectivity index (χ1n) is 6.76. The summed E-state index contributed by atoms with van der Waals surface area (Å²) in [5.74, 6) is 0.0779. The van der Waals surface area contributed by atoms with E-state index in [-0.39, 0.29) is 12.5 Å². The van der Waals surface area contributed by atoms with E-state index in [1.807, 2.05) is 38.1 Å². The van der Waals surface area contributed by atoms with E-state index >= 15 is 0 Å². The van der Waals surface area contributed by atoms with Crippen molar-refractivity contribution in [1.29, 1.82) is 0 Å². The number of carboxylic acids is 1. The van der Waals surface area contributed by atoms with Gasteiger partial charge in [0, 0.05) is 0 Å². The van der Waals surface area contributed by atoms with Gasteiger partial charge in [0.15, 0.2) is 5.54 Å². The van der Waals surface area contributed by atoms with Crippen molar-refractivity contribution in [2.75, 3.05) is 13.2 Å². The van der Waals surface area contributed by atoms with Gasteiger partial charge in [-0.3, -0.25) is 10.1 Å². The third-order valence-corrected chi connectivity index (χ3v) is 3.64. The van der Waals surface area contributed by atoms with Crippen molar-refractivity contribution in [1.82, 2.24) is 5.32 Å². The summed E-state index contributed by atoms with van der Waals surface area (Å²) in [5, 5.41) is 12.7. The van der Waals surface area contributed by atoms with Crippen molar-refractivity contribution in [2.45, 2.75) is 32.2 Å². The zero-order valence-electron chi connectivity index (χ0n) is 11.5. The highest BCUT2D eigenvalue weighted by molar-refractivity contribution is 5.80. The molecule has 1 atom stereocenters. The fourth-order valence-corrected chi connectivity index (χ4v) is 2.35. The largest absolute Gasteiger partial charge is 0.491 e. The van der Waals surface area contributed by atoms with Gasteiger partial charge in [-0.15, -0.1) is 0 Å². The quantitative estimate of drug-likeness (QED) is 0.792. The molecular weight excluding hydrogens is 242 g/mol. The van der Waals surface area contributed by atoms with Gasteiger partial charge in [-0.25, -0.2) is 0 Å². The second-order valence-electron chi connectivity index (χ2n) is 5.18. The zero-order chi connectivity index (χ0) is 13.9. The van der Waals surface area contributed by atoms with E-state index in [4.69, 9.17) is 4.74 Å². The minimum Gasteiger partial charge on any atom is -0.491 e. The van der Waals surface area contributed by atoms with Crippen LogP contribution in [0, 0.1) is 12.8 Å². The van der Waals surface area contributed by atoms with E-state index in [1.54, 1.807) is 0 Å². The van der Waals surface area contributed by atoms with Crippen LogP contribution < -0.4 is 10.1 Å². The fraction of sp³-hybridized carbons (Fsp3) is 0.533. The summed E-state index contributed by atoms with van der Waals surface area (Å²) in [6.45, 7) is 4.73. The van der Waals surface area contributed by atoms with Crippen LogP contribution in [0.3, 0.4) is 0 Å². The van der Waals surface area contributed by atoms with Crippen molar-refractivity contribution < 1.29 is 14.6 Å². The number of hydrogen-bond acceptors (Lipinski definition) is 3. The molecule has 1 aromatic carbocycles. The Bertz CT molecular complexity index is 439. The lowest BCUT2D eigenvalue weighted by atomic mass is 9.94. The molecule has 19 heavy (non-hydrogen) atoms. The third kappa shape index (κ3) is 3.07. The predicted molar refractivity (Wildman–Crippen MR) is 73.4 cm³/mol. The van der Waals surface area contributed by atoms with E-state index in [1.165, 1.54) is 0 Å². The molecule has 2 rings (SSSR count). The highest BCUT2D eigenvalue weighted by atomic mass is 16.5. The number of aliphatic carboxylic acids is 1. The maximum atomic E-state index is 11.6. The van der Waals surface area contributed by atoms with Gasteiger partial charge < -0.3 is 9.84 Å². The summed E-state index contributed by atoms with van der Waals surface area (Å²) >= 11 is 0. The molecule has 4 nitrogen and oxygen atoms in total. The number of aryl methyl sites for hydroxylation is 1. The normalized spacial score (nSPS) is 17.8. The molecule has 1 aliphatic rings. The Balaban J connectivity index is 2.07. The molecule has 0 bridgehead atoms. The number of carboxylic acid groups (broad SMARTS) is 1. The Hall–Kier alpha value is -1.55. The molecule has 1 aromatic rings. The molecule has 1 aliphatic carbocycles. The SMILES string of the molecule is CCNC(COc1ccc(C)cc1)(C(=O)O)C1CC1. The lowest BCUT2D eigenvalue weighted by Gasteiger charge is -2.30. The first kappa shape index (κ1) is 13.9. The Morgan fingerprint density at radius 2 is 2.05 bits per heavy atom. The number of likely N-dealkylation sites (N-methyl/N-ethyl adjacent to an activating group) is 1. The first-order chi connectivity index (χ1) is 9.08. The average molecular weight is 263 g/mol. The minimum absolute atomic E-state index is 0.171. The number of rotatable bonds is 7. The van der Waals surface area contributed by atoms with E-state index in [9.17, 15) is 9.90 Å². The van der Waals surface area contributed by atoms with Crippen molar-refractivity contribution in [3.05, 3.63) is 29.8 Å². The van der Waals surface area contributed by atoms with Crippen LogP contribution in [0.4, 0.5) is 0 Å². The van der Waals surface area contributed by atoms with Crippen LogP contribution in [0.2, 0.25) is 0 Å². The average Bonchev–Trinajstić information content (AvgIpc) is 3.20. The van der Waals surface area contributed by atoms with Gasteiger partial charge in [0.1, 0.15) is 12.4 Å². The van der Waals surface area contributed by atoms with Gasteiger partial charge in [-0.05, 0) is 44.4 Å². The van der Waals surface area contributed by atoms with Crippen LogP contribution in [-0.2, 0) is 4.79 Å². The maximum absolute atomic E-state index is 11.6. The summed E-state index contributed by atoms with van der Waals surface area (Å²) < 4.78 is 5.70. The molecule has 0 aliphatic heterocycles. The topological polar surface area (TPSA) is 58.6 Å². The number of nitrogens with one attached hydrogen (secondary N) is 1. The fourth-order valence-electron chi connectivity index (χ4n) is 2.35. The standard InChI is InChI=1S/C15H21NO3/c1-3-16-15(14(17)18,12-6-7-12)10-19-13-8-4-11(2)5-9-13/h4-5,8-9,12,16H,3,6-7,10H2,1-2H3,(H,17,18). The predicted octanol–water partition coefficient (Wildman–Crippen LogP) is 2.22. The Labute approximate surface area is 113 Å². The van der Waals surface area contributed by atoms with E-state index < -0.39 is 11.5 Å². The molecule has 0 radical (unpaired) electrons. The monoisotopic (exact) mass is 263 g/mol. The molecule has 0 amide bonds. The first-order valence-corrected chi connectivity index (χ1v) is 6.76. The van der Waals surface area contributed by atoms with Crippen LogP contribution in [0.5, 0.6) is 5.75 Å². The summed E-state index contributed by atoms with van der Waals surface area (Å²) in [6, 6.07) is 7.67. The molecule has 0 heterocycles. The maximum Gasteiger partial charge on any atom is 0.327 e. The highest BCUT2D eigenvalue weighted by Gasteiger charge is 2.51. The van der Waals surface area contributed by atoms with Gasteiger partial charge in [-0.1, -0.05) is 24.6 Å². The van der Waals surface area contributed by atoms with Crippen LogP contribution in [-0.4, -0.2) is 29.8 Å². The van der Waals surface area contributed by atoms with E-state index in [2.05, 4.69) is 5.32 Å². The van der Waals surface area contributed by atoms with Gasteiger partial charge in [0.25, 0.3) is 0 Å². The van der Waals surface area contributed by atoms with Crippen molar-refractivity contribution in [3.8, 4) is 5.75 Å². The van der Waals surface area contributed by atoms with Crippen molar-refractivity contribution in [2.24, 2.45) is 5.92 Å². The van der Waals surface area contributed by atoms with Crippen LogP contribution in [0.15, 0.2) is 24.3 Å². The summed E-state index contributed by atoms with van der Waals surface area (Å²) in [5.41, 5.74) is 0.213. The number of hydrogen-bond donors (Lipinski definition) is 2. The van der Waals surface area contributed by atoms with E-state index in [0.717, 1.165) is 24.2 Å². The molecule has 0 saturated heterocycles. The minimum atomic E-state index is -0.945. The van der Waals surface area contributed by atoms with E-state index in [0.29, 0.717) is 6.54 Å². The lowest BCUT2D eigenvalue weighted by Crippen LogP contribution is -2.58. The Morgan fingerprint density at radius 3 is 2.53 bits per heavy atom. The zero-order valence-corrected chi connectivity index (χ0v) is 11.5. The molecule has 104 valence electrons. The second kappa shape index (κ2) is 5.61. The Kier molecular flexibility index (Phi) is 4.10. The summed E-state index contributed by atoms with van der Waals surface area (Å²) in [4.78, 5) is 11.6.